The summed E-state index contributed by atoms with van der Waals surface area (Å²) in [5.41, 5.74) is 0. The Labute approximate surface area is 42.5 Å². The van der Waals surface area contributed by atoms with Crippen molar-refractivity contribution in [2.45, 2.75) is 13.0 Å². The quantitative estimate of drug-likeness (QED) is 0.480. The SMILES string of the molecule is C[C@@H]([C]=O)NS. The van der Waals surface area contributed by atoms with Gasteiger partial charge in [-0.3, -0.25) is 9.52 Å². The molecule has 3 heteroatoms. The maximum atomic E-state index is 9.50. The lowest BCUT2D eigenvalue weighted by Crippen LogP contribution is -2.16. The van der Waals surface area contributed by atoms with Crippen molar-refractivity contribution in [3.8, 4) is 0 Å². The summed E-state index contributed by atoms with van der Waals surface area (Å²) in [5, 5.41) is 0. The van der Waals surface area contributed by atoms with Crippen LogP contribution in [0.25, 0.3) is 0 Å². The summed E-state index contributed by atoms with van der Waals surface area (Å²) >= 11 is 3.58. The fourth-order valence-electron chi connectivity index (χ4n) is 0.0264. The molecule has 0 spiro atoms. The first kappa shape index (κ1) is 5.98. The molecule has 1 N–H and O–H groups in total. The van der Waals surface area contributed by atoms with Gasteiger partial charge < -0.3 is 0 Å². The van der Waals surface area contributed by atoms with Crippen LogP contribution in [0, 0.1) is 0 Å². The molecule has 0 aliphatic heterocycles. The molecule has 35 valence electrons. The fourth-order valence-corrected chi connectivity index (χ4v) is 0.0791. The third kappa shape index (κ3) is 2.23. The Balaban J connectivity index is 2.96. The molecule has 0 aliphatic rings. The molecule has 1 radical (unpaired) electrons. The predicted molar refractivity (Wildman–Crippen MR) is 27.3 cm³/mol. The van der Waals surface area contributed by atoms with Gasteiger partial charge in [0.05, 0.1) is 6.04 Å². The minimum atomic E-state index is -0.256. The third-order valence-electron chi connectivity index (χ3n) is 0.370. The summed E-state index contributed by atoms with van der Waals surface area (Å²) in [7, 11) is 0. The number of rotatable bonds is 2. The summed E-state index contributed by atoms with van der Waals surface area (Å²) in [5.74, 6) is 0. The molecular weight excluding hydrogens is 98.1 g/mol. The molecule has 0 aromatic rings. The van der Waals surface area contributed by atoms with E-state index in [1.807, 2.05) is 0 Å². The van der Waals surface area contributed by atoms with Gasteiger partial charge in [0.25, 0.3) is 0 Å². The van der Waals surface area contributed by atoms with Gasteiger partial charge in [-0.15, -0.1) is 0 Å². The zero-order chi connectivity index (χ0) is 4.99. The van der Waals surface area contributed by atoms with Gasteiger partial charge in [0, 0.05) is 0 Å². The summed E-state index contributed by atoms with van der Waals surface area (Å²) in [4.78, 5) is 9.50. The van der Waals surface area contributed by atoms with Gasteiger partial charge in [0.15, 0.2) is 0 Å². The van der Waals surface area contributed by atoms with Crippen LogP contribution in [-0.2, 0) is 4.79 Å². The minimum Gasteiger partial charge on any atom is -0.289 e. The zero-order valence-electron chi connectivity index (χ0n) is 3.43. The Hall–Kier alpha value is -0.0200. The van der Waals surface area contributed by atoms with Gasteiger partial charge in [-0.25, -0.2) is 0 Å². The number of nitrogens with one attached hydrogen (secondary N) is 1. The summed E-state index contributed by atoms with van der Waals surface area (Å²) in [6.07, 6.45) is 1.68. The normalized spacial score (nSPS) is 13.7. The van der Waals surface area contributed by atoms with Crippen LogP contribution in [0.2, 0.25) is 0 Å². The van der Waals surface area contributed by atoms with Crippen molar-refractivity contribution < 1.29 is 4.79 Å². The molecule has 0 rings (SSSR count). The second-order valence-corrected chi connectivity index (χ2v) is 1.23. The average Bonchev–Trinajstić information content (AvgIpc) is 1.65. The highest BCUT2D eigenvalue weighted by Gasteiger charge is 1.90. The molecule has 0 aromatic heterocycles. The standard InChI is InChI=1S/C3H6NOS/c1-3(2-5)4-6/h3-4,6H,1H3/t3-/m0/s1. The highest BCUT2D eigenvalue weighted by molar-refractivity contribution is 7.78. The Kier molecular flexibility index (Phi) is 3.17. The van der Waals surface area contributed by atoms with Gasteiger partial charge >= 0.3 is 0 Å². The number of hydrogen-bond acceptors (Lipinski definition) is 3. The topological polar surface area (TPSA) is 29.1 Å². The van der Waals surface area contributed by atoms with E-state index < -0.39 is 0 Å². The predicted octanol–water partition coefficient (Wildman–Crippen LogP) is -0.0810. The van der Waals surface area contributed by atoms with Crippen molar-refractivity contribution >= 4 is 19.1 Å². The van der Waals surface area contributed by atoms with Crippen molar-refractivity contribution in [2.75, 3.05) is 0 Å². The number of thiol groups is 1. The molecule has 0 amide bonds. The molecule has 6 heavy (non-hydrogen) atoms. The molecule has 0 heterocycles. The van der Waals surface area contributed by atoms with Crippen molar-refractivity contribution in [3.05, 3.63) is 0 Å². The van der Waals surface area contributed by atoms with E-state index in [-0.39, 0.29) is 6.04 Å². The van der Waals surface area contributed by atoms with E-state index in [0.717, 1.165) is 0 Å². The van der Waals surface area contributed by atoms with E-state index in [0.29, 0.717) is 0 Å². The fraction of sp³-hybridized carbons (Fsp3) is 0.667. The highest BCUT2D eigenvalue weighted by atomic mass is 32.1. The largest absolute Gasteiger partial charge is 0.289 e. The molecule has 0 bridgehead atoms. The Bertz CT molecular complexity index is 48.1. The van der Waals surface area contributed by atoms with Crippen LogP contribution in [0.4, 0.5) is 0 Å². The monoisotopic (exact) mass is 104 g/mol. The maximum absolute atomic E-state index is 9.50. The van der Waals surface area contributed by atoms with Crippen LogP contribution in [0.15, 0.2) is 0 Å². The van der Waals surface area contributed by atoms with Crippen LogP contribution < -0.4 is 4.72 Å². The maximum Gasteiger partial charge on any atom is 0.217 e. The highest BCUT2D eigenvalue weighted by Crippen LogP contribution is 1.71. The van der Waals surface area contributed by atoms with Gasteiger partial charge in [-0.2, -0.15) is 0 Å². The van der Waals surface area contributed by atoms with E-state index in [1.54, 1.807) is 13.2 Å². The summed E-state index contributed by atoms with van der Waals surface area (Å²) in [6, 6.07) is -0.256. The molecule has 0 aliphatic carbocycles. The first-order valence-electron chi connectivity index (χ1n) is 1.58. The van der Waals surface area contributed by atoms with Crippen LogP contribution >= 0.6 is 12.8 Å². The number of carbonyl (C=O) groups excluding carboxylic acids is 1. The smallest absolute Gasteiger partial charge is 0.217 e. The van der Waals surface area contributed by atoms with Crippen molar-refractivity contribution in [1.29, 1.82) is 0 Å². The first-order valence-corrected chi connectivity index (χ1v) is 2.03. The van der Waals surface area contributed by atoms with Gasteiger partial charge in [0.1, 0.15) is 0 Å². The van der Waals surface area contributed by atoms with Crippen molar-refractivity contribution in [2.24, 2.45) is 0 Å². The molecule has 0 saturated heterocycles. The molecule has 2 nitrogen and oxygen atoms in total. The number of hydrogen-bond donors (Lipinski definition) is 2. The van der Waals surface area contributed by atoms with E-state index in [9.17, 15) is 4.79 Å². The van der Waals surface area contributed by atoms with Gasteiger partial charge in [0.2, 0.25) is 6.29 Å². The molecule has 0 fully saturated rings. The van der Waals surface area contributed by atoms with E-state index in [1.165, 1.54) is 0 Å². The van der Waals surface area contributed by atoms with Crippen LogP contribution in [-0.4, -0.2) is 12.3 Å². The summed E-state index contributed by atoms with van der Waals surface area (Å²) < 4.78 is 2.39. The zero-order valence-corrected chi connectivity index (χ0v) is 4.33. The second kappa shape index (κ2) is 3.18. The van der Waals surface area contributed by atoms with Crippen LogP contribution in [0.3, 0.4) is 0 Å². The second-order valence-electron chi connectivity index (χ2n) is 0.969. The van der Waals surface area contributed by atoms with Crippen molar-refractivity contribution in [1.82, 2.24) is 4.72 Å². The Morgan fingerprint density at radius 1 is 2.00 bits per heavy atom. The first-order chi connectivity index (χ1) is 2.81. The van der Waals surface area contributed by atoms with Crippen LogP contribution in [0.1, 0.15) is 6.92 Å². The molecular formula is C3H6NOS. The van der Waals surface area contributed by atoms with E-state index in [2.05, 4.69) is 17.5 Å². The van der Waals surface area contributed by atoms with Crippen LogP contribution in [0.5, 0.6) is 0 Å². The minimum absolute atomic E-state index is 0.256. The Morgan fingerprint density at radius 3 is 2.50 bits per heavy atom. The average molecular weight is 104 g/mol. The molecule has 0 unspecified atom stereocenters. The van der Waals surface area contributed by atoms with Crippen molar-refractivity contribution in [3.63, 3.8) is 0 Å². The Morgan fingerprint density at radius 2 is 2.50 bits per heavy atom. The lowest BCUT2D eigenvalue weighted by Gasteiger charge is -1.91. The van der Waals surface area contributed by atoms with E-state index in [4.69, 9.17) is 0 Å². The van der Waals surface area contributed by atoms with E-state index >= 15 is 0 Å². The molecule has 1 atom stereocenters. The lowest BCUT2D eigenvalue weighted by atomic mass is 10.4. The van der Waals surface area contributed by atoms with Gasteiger partial charge in [-0.05, 0) is 6.92 Å². The third-order valence-corrected chi connectivity index (χ3v) is 0.758. The molecule has 0 aromatic carbocycles. The molecule has 0 saturated carbocycles. The lowest BCUT2D eigenvalue weighted by molar-refractivity contribution is 0.543. The summed E-state index contributed by atoms with van der Waals surface area (Å²) in [6.45, 7) is 1.67. The van der Waals surface area contributed by atoms with Gasteiger partial charge in [-0.1, -0.05) is 12.8 Å².